The molecule has 0 aliphatic rings. The zero-order chi connectivity index (χ0) is 19.8. The Morgan fingerprint density at radius 3 is 2.37 bits per heavy atom. The van der Waals surface area contributed by atoms with Crippen LogP contribution in [-0.4, -0.2) is 23.8 Å². The number of carbonyl (C=O) groups is 3. The van der Waals surface area contributed by atoms with Crippen LogP contribution in [0.5, 0.6) is 0 Å². The van der Waals surface area contributed by atoms with Crippen molar-refractivity contribution in [1.82, 2.24) is 16.2 Å². The number of thiophene rings is 1. The molecule has 0 bridgehead atoms. The molecule has 1 heterocycles. The van der Waals surface area contributed by atoms with Crippen LogP contribution in [0.15, 0.2) is 41.1 Å². The van der Waals surface area contributed by atoms with Gasteiger partial charge in [-0.15, -0.1) is 0 Å². The smallest absolute Gasteiger partial charge is 0.269 e. The third-order valence-corrected chi connectivity index (χ3v) is 4.69. The largest absolute Gasteiger partial charge is 0.344 e. The van der Waals surface area contributed by atoms with Crippen molar-refractivity contribution in [3.8, 4) is 0 Å². The molecule has 0 fully saturated rings. The highest BCUT2D eigenvalue weighted by Gasteiger charge is 2.22. The Balaban J connectivity index is 1.91. The molecule has 3 amide bonds. The van der Waals surface area contributed by atoms with Gasteiger partial charge >= 0.3 is 0 Å². The molecule has 0 saturated heterocycles. The van der Waals surface area contributed by atoms with Gasteiger partial charge in [0.15, 0.2) is 0 Å². The van der Waals surface area contributed by atoms with Crippen molar-refractivity contribution in [2.45, 2.75) is 32.7 Å². The van der Waals surface area contributed by atoms with Crippen LogP contribution in [0.1, 0.15) is 36.2 Å². The van der Waals surface area contributed by atoms with Gasteiger partial charge in [-0.2, -0.15) is 11.3 Å². The number of benzene rings is 1. The quantitative estimate of drug-likeness (QED) is 0.616. The average Bonchev–Trinajstić information content (AvgIpc) is 3.11. The normalized spacial score (nSPS) is 11.7. The standard InChI is InChI=1S/C19H22ClN3O3S/c1-12(2)9-16(21-17(24)10-13-7-8-27-11-13)19(26)23-22-18(25)14-3-5-15(20)6-4-14/h3-8,11-12,16H,9-10H2,1-2H3,(H,21,24)(H,22,25)(H,23,26). The minimum atomic E-state index is -0.735. The summed E-state index contributed by atoms with van der Waals surface area (Å²) in [6.45, 7) is 3.91. The number of halogens is 1. The van der Waals surface area contributed by atoms with Gasteiger partial charge in [-0.25, -0.2) is 0 Å². The third-order valence-electron chi connectivity index (χ3n) is 3.71. The lowest BCUT2D eigenvalue weighted by atomic mass is 10.0. The Morgan fingerprint density at radius 2 is 1.78 bits per heavy atom. The van der Waals surface area contributed by atoms with E-state index in [2.05, 4.69) is 16.2 Å². The Bertz CT molecular complexity index is 776. The highest BCUT2D eigenvalue weighted by atomic mass is 35.5. The fraction of sp³-hybridized carbons (Fsp3) is 0.316. The summed E-state index contributed by atoms with van der Waals surface area (Å²) in [5, 5.41) is 7.05. The van der Waals surface area contributed by atoms with Gasteiger partial charge in [0.25, 0.3) is 11.8 Å². The Kier molecular flexibility index (Phi) is 7.82. The van der Waals surface area contributed by atoms with Gasteiger partial charge in [0.05, 0.1) is 6.42 Å². The summed E-state index contributed by atoms with van der Waals surface area (Å²) in [4.78, 5) is 36.7. The number of carbonyl (C=O) groups excluding carboxylic acids is 3. The van der Waals surface area contributed by atoms with Crippen LogP contribution in [0.3, 0.4) is 0 Å². The Labute approximate surface area is 167 Å². The lowest BCUT2D eigenvalue weighted by molar-refractivity contribution is -0.129. The van der Waals surface area contributed by atoms with Gasteiger partial charge in [-0.3, -0.25) is 25.2 Å². The fourth-order valence-corrected chi connectivity index (χ4v) is 3.20. The first-order valence-corrected chi connectivity index (χ1v) is 9.83. The lowest BCUT2D eigenvalue weighted by Gasteiger charge is -2.20. The van der Waals surface area contributed by atoms with E-state index in [4.69, 9.17) is 11.6 Å². The molecule has 0 aliphatic carbocycles. The summed E-state index contributed by atoms with van der Waals surface area (Å²) in [5.74, 6) is -0.981. The number of amides is 3. The van der Waals surface area contributed by atoms with Crippen molar-refractivity contribution < 1.29 is 14.4 Å². The van der Waals surface area contributed by atoms with Gasteiger partial charge in [0, 0.05) is 10.6 Å². The average molecular weight is 408 g/mol. The minimum absolute atomic E-state index is 0.189. The maximum Gasteiger partial charge on any atom is 0.269 e. The molecule has 0 radical (unpaired) electrons. The molecule has 144 valence electrons. The van der Waals surface area contributed by atoms with Crippen molar-refractivity contribution in [2.24, 2.45) is 5.92 Å². The van der Waals surface area contributed by atoms with Crippen LogP contribution in [0, 0.1) is 5.92 Å². The Hall–Kier alpha value is -2.38. The maximum atomic E-state index is 12.4. The van der Waals surface area contributed by atoms with Crippen LogP contribution >= 0.6 is 22.9 Å². The summed E-state index contributed by atoms with van der Waals surface area (Å²) >= 11 is 7.30. The number of hydrazine groups is 1. The zero-order valence-electron chi connectivity index (χ0n) is 15.1. The maximum absolute atomic E-state index is 12.4. The molecular formula is C19H22ClN3O3S. The molecule has 1 atom stereocenters. The van der Waals surface area contributed by atoms with Crippen LogP contribution in [0.25, 0.3) is 0 Å². The summed E-state index contributed by atoms with van der Waals surface area (Å²) in [6.07, 6.45) is 0.667. The lowest BCUT2D eigenvalue weighted by Crippen LogP contribution is -2.53. The number of hydrogen-bond donors (Lipinski definition) is 3. The molecule has 0 saturated carbocycles. The van der Waals surface area contributed by atoms with Gasteiger partial charge in [-0.1, -0.05) is 25.4 Å². The fourth-order valence-electron chi connectivity index (χ4n) is 2.41. The second-order valence-electron chi connectivity index (χ2n) is 6.51. The molecule has 1 aromatic heterocycles. The predicted octanol–water partition coefficient (Wildman–Crippen LogP) is 2.94. The van der Waals surface area contributed by atoms with Gasteiger partial charge in [-0.05, 0) is 59.0 Å². The van der Waals surface area contributed by atoms with Crippen LogP contribution < -0.4 is 16.2 Å². The van der Waals surface area contributed by atoms with Crippen molar-refractivity contribution in [3.63, 3.8) is 0 Å². The predicted molar refractivity (Wildman–Crippen MR) is 106 cm³/mol. The highest BCUT2D eigenvalue weighted by molar-refractivity contribution is 7.08. The molecule has 3 N–H and O–H groups in total. The molecule has 1 aromatic carbocycles. The molecule has 0 spiro atoms. The summed E-state index contributed by atoms with van der Waals surface area (Å²) in [5.41, 5.74) is 6.00. The van der Waals surface area contributed by atoms with Crippen molar-refractivity contribution in [1.29, 1.82) is 0 Å². The summed E-state index contributed by atoms with van der Waals surface area (Å²) in [6, 6.07) is 7.42. The van der Waals surface area contributed by atoms with E-state index >= 15 is 0 Å². The van der Waals surface area contributed by atoms with Gasteiger partial charge in [0.2, 0.25) is 5.91 Å². The van der Waals surface area contributed by atoms with Crippen molar-refractivity contribution >= 4 is 40.7 Å². The molecule has 27 heavy (non-hydrogen) atoms. The zero-order valence-corrected chi connectivity index (χ0v) is 16.7. The summed E-state index contributed by atoms with van der Waals surface area (Å²) in [7, 11) is 0. The topological polar surface area (TPSA) is 87.3 Å². The number of nitrogens with one attached hydrogen (secondary N) is 3. The monoisotopic (exact) mass is 407 g/mol. The molecular weight excluding hydrogens is 386 g/mol. The van der Waals surface area contributed by atoms with Crippen molar-refractivity contribution in [2.75, 3.05) is 0 Å². The van der Waals surface area contributed by atoms with Crippen LogP contribution in [0.4, 0.5) is 0 Å². The van der Waals surface area contributed by atoms with Gasteiger partial charge in [0.1, 0.15) is 6.04 Å². The van der Waals surface area contributed by atoms with E-state index in [1.165, 1.54) is 11.3 Å². The number of rotatable bonds is 7. The van der Waals surface area contributed by atoms with E-state index in [-0.39, 0.29) is 18.2 Å². The molecule has 2 rings (SSSR count). The summed E-state index contributed by atoms with van der Waals surface area (Å²) < 4.78 is 0. The van der Waals surface area contributed by atoms with E-state index in [0.29, 0.717) is 17.0 Å². The first-order valence-electron chi connectivity index (χ1n) is 8.51. The minimum Gasteiger partial charge on any atom is -0.344 e. The van der Waals surface area contributed by atoms with E-state index in [1.807, 2.05) is 30.7 Å². The molecule has 0 aliphatic heterocycles. The van der Waals surface area contributed by atoms with Crippen LogP contribution in [0.2, 0.25) is 5.02 Å². The molecule has 1 unspecified atom stereocenters. The second-order valence-corrected chi connectivity index (χ2v) is 7.72. The molecule has 2 aromatic rings. The van der Waals surface area contributed by atoms with E-state index < -0.39 is 17.9 Å². The SMILES string of the molecule is CC(C)CC(NC(=O)Cc1ccsc1)C(=O)NNC(=O)c1ccc(Cl)cc1. The first kappa shape index (κ1) is 20.9. The van der Waals surface area contributed by atoms with E-state index in [9.17, 15) is 14.4 Å². The van der Waals surface area contributed by atoms with E-state index in [1.54, 1.807) is 24.3 Å². The van der Waals surface area contributed by atoms with E-state index in [0.717, 1.165) is 5.56 Å². The molecule has 8 heteroatoms. The van der Waals surface area contributed by atoms with Crippen LogP contribution in [-0.2, 0) is 16.0 Å². The number of hydrogen-bond acceptors (Lipinski definition) is 4. The molecule has 6 nitrogen and oxygen atoms in total. The second kappa shape index (κ2) is 10.1. The Morgan fingerprint density at radius 1 is 1.07 bits per heavy atom. The first-order chi connectivity index (χ1) is 12.8. The highest BCUT2D eigenvalue weighted by Crippen LogP contribution is 2.10. The van der Waals surface area contributed by atoms with Crippen molar-refractivity contribution in [3.05, 3.63) is 57.2 Å². The van der Waals surface area contributed by atoms with Gasteiger partial charge < -0.3 is 5.32 Å². The third kappa shape index (κ3) is 7.03.